The molecule has 0 unspecified atom stereocenters. The number of ether oxygens (including phenoxy) is 2. The van der Waals surface area contributed by atoms with E-state index in [0.717, 1.165) is 0 Å². The highest BCUT2D eigenvalue weighted by atomic mass is 16.6. The lowest BCUT2D eigenvalue weighted by molar-refractivity contribution is -0.384. The molecule has 0 N–H and O–H groups in total. The summed E-state index contributed by atoms with van der Waals surface area (Å²) < 4.78 is 10.1. The van der Waals surface area contributed by atoms with Gasteiger partial charge in [-0.25, -0.2) is 9.59 Å². The van der Waals surface area contributed by atoms with Gasteiger partial charge in [-0.05, 0) is 26.3 Å². The summed E-state index contributed by atoms with van der Waals surface area (Å²) >= 11 is 0. The smallest absolute Gasteiger partial charge is 0.340 e. The number of hydrogen-bond donors (Lipinski definition) is 0. The van der Waals surface area contributed by atoms with Gasteiger partial charge in [0.15, 0.2) is 0 Å². The highest BCUT2D eigenvalue weighted by Gasteiger charge is 2.26. The Morgan fingerprint density at radius 3 is 2.42 bits per heavy atom. The number of benzene rings is 1. The van der Waals surface area contributed by atoms with E-state index in [-0.39, 0.29) is 35.6 Å². The van der Waals surface area contributed by atoms with Crippen molar-refractivity contribution in [3.05, 3.63) is 57.4 Å². The fourth-order valence-corrected chi connectivity index (χ4v) is 2.50. The first-order valence-corrected chi connectivity index (χ1v) is 7.99. The zero-order valence-electron chi connectivity index (χ0n) is 14.6. The molecule has 2 rings (SSSR count). The van der Waals surface area contributed by atoms with Crippen molar-refractivity contribution in [3.8, 4) is 11.1 Å². The van der Waals surface area contributed by atoms with E-state index in [1.54, 1.807) is 26.8 Å². The van der Waals surface area contributed by atoms with Gasteiger partial charge < -0.3 is 9.47 Å². The first-order chi connectivity index (χ1) is 12.4. The van der Waals surface area contributed by atoms with Crippen LogP contribution in [0.3, 0.4) is 0 Å². The second-order valence-electron chi connectivity index (χ2n) is 5.26. The van der Waals surface area contributed by atoms with Crippen LogP contribution < -0.4 is 0 Å². The van der Waals surface area contributed by atoms with E-state index >= 15 is 0 Å². The van der Waals surface area contributed by atoms with E-state index < -0.39 is 16.9 Å². The number of aromatic nitrogens is 1. The number of non-ortho nitro benzene ring substituents is 1. The summed E-state index contributed by atoms with van der Waals surface area (Å²) in [6.45, 7) is 5.18. The summed E-state index contributed by atoms with van der Waals surface area (Å²) in [6, 6.07) is 5.67. The second-order valence-corrected chi connectivity index (χ2v) is 5.26. The molecule has 0 saturated carbocycles. The number of carbonyl (C=O) groups excluding carboxylic acids is 2. The predicted octanol–water partition coefficient (Wildman–Crippen LogP) is 3.32. The van der Waals surface area contributed by atoms with Gasteiger partial charge in [-0.3, -0.25) is 15.1 Å². The van der Waals surface area contributed by atoms with E-state index in [9.17, 15) is 19.7 Å². The molecule has 26 heavy (non-hydrogen) atoms. The fourth-order valence-electron chi connectivity index (χ4n) is 2.50. The van der Waals surface area contributed by atoms with Crippen LogP contribution in [-0.4, -0.2) is 35.1 Å². The molecule has 0 aliphatic carbocycles. The van der Waals surface area contributed by atoms with E-state index in [0.29, 0.717) is 11.3 Å². The van der Waals surface area contributed by atoms with Crippen molar-refractivity contribution < 1.29 is 24.0 Å². The number of carbonyl (C=O) groups is 2. The van der Waals surface area contributed by atoms with Gasteiger partial charge in [0.25, 0.3) is 5.69 Å². The molecule has 1 heterocycles. The van der Waals surface area contributed by atoms with Gasteiger partial charge in [-0.2, -0.15) is 0 Å². The van der Waals surface area contributed by atoms with E-state index in [4.69, 9.17) is 9.47 Å². The zero-order chi connectivity index (χ0) is 19.3. The van der Waals surface area contributed by atoms with Crippen LogP contribution in [0.5, 0.6) is 0 Å². The molecular formula is C18H18N2O6. The number of aryl methyl sites for hydroxylation is 1. The van der Waals surface area contributed by atoms with Crippen LogP contribution >= 0.6 is 0 Å². The van der Waals surface area contributed by atoms with Gasteiger partial charge in [0.2, 0.25) is 0 Å². The van der Waals surface area contributed by atoms with Crippen LogP contribution in [0.25, 0.3) is 11.1 Å². The molecule has 2 aromatic rings. The third kappa shape index (κ3) is 3.85. The van der Waals surface area contributed by atoms with Crippen LogP contribution in [0.15, 0.2) is 30.5 Å². The maximum absolute atomic E-state index is 12.5. The van der Waals surface area contributed by atoms with Crippen molar-refractivity contribution in [1.82, 2.24) is 4.98 Å². The van der Waals surface area contributed by atoms with Crippen molar-refractivity contribution in [2.45, 2.75) is 20.8 Å². The first kappa shape index (κ1) is 19.0. The maximum atomic E-state index is 12.5. The summed E-state index contributed by atoms with van der Waals surface area (Å²) in [5.41, 5.74) is 0.840. The molecule has 0 aliphatic rings. The van der Waals surface area contributed by atoms with Crippen LogP contribution in [0.4, 0.5) is 5.69 Å². The Bertz CT molecular complexity index is 863. The van der Waals surface area contributed by atoms with Crippen molar-refractivity contribution in [3.63, 3.8) is 0 Å². The minimum absolute atomic E-state index is 0.0426. The molecule has 0 amide bonds. The predicted molar refractivity (Wildman–Crippen MR) is 93.0 cm³/mol. The first-order valence-electron chi connectivity index (χ1n) is 7.99. The van der Waals surface area contributed by atoms with Crippen molar-refractivity contribution in [2.75, 3.05) is 13.2 Å². The maximum Gasteiger partial charge on any atom is 0.340 e. The normalized spacial score (nSPS) is 10.3. The minimum atomic E-state index is -0.674. The van der Waals surface area contributed by atoms with E-state index in [1.807, 2.05) is 0 Å². The molecular weight excluding hydrogens is 340 g/mol. The Morgan fingerprint density at radius 1 is 1.15 bits per heavy atom. The van der Waals surface area contributed by atoms with Crippen LogP contribution in [-0.2, 0) is 9.47 Å². The van der Waals surface area contributed by atoms with E-state index in [1.165, 1.54) is 24.4 Å². The summed E-state index contributed by atoms with van der Waals surface area (Å²) in [4.78, 5) is 39.5. The lowest BCUT2D eigenvalue weighted by atomic mass is 9.94. The topological polar surface area (TPSA) is 109 Å². The Morgan fingerprint density at radius 2 is 1.81 bits per heavy atom. The lowest BCUT2D eigenvalue weighted by Crippen LogP contribution is -2.15. The van der Waals surface area contributed by atoms with Gasteiger partial charge >= 0.3 is 11.9 Å². The fraction of sp³-hybridized carbons (Fsp3) is 0.278. The summed E-state index contributed by atoms with van der Waals surface area (Å²) in [6.07, 6.45) is 1.30. The minimum Gasteiger partial charge on any atom is -0.462 e. The molecule has 0 aliphatic heterocycles. The highest BCUT2D eigenvalue weighted by Crippen LogP contribution is 2.32. The molecule has 1 aromatic heterocycles. The Hall–Kier alpha value is -3.29. The molecule has 0 spiro atoms. The molecule has 0 radical (unpaired) electrons. The lowest BCUT2D eigenvalue weighted by Gasteiger charge is -2.15. The number of pyridine rings is 1. The van der Waals surface area contributed by atoms with E-state index in [2.05, 4.69) is 4.98 Å². The SMILES string of the molecule is CCOC(=O)c1cnc(C)c(C(=O)OCC)c1-c1cccc([N+](=O)[O-])c1. The summed E-state index contributed by atoms with van der Waals surface area (Å²) in [7, 11) is 0. The Kier molecular flexibility index (Phi) is 6.00. The van der Waals surface area contributed by atoms with Crippen molar-refractivity contribution >= 4 is 17.6 Å². The average Bonchev–Trinajstić information content (AvgIpc) is 2.61. The van der Waals surface area contributed by atoms with Crippen molar-refractivity contribution in [2.24, 2.45) is 0 Å². The Balaban J connectivity index is 2.79. The third-order valence-electron chi connectivity index (χ3n) is 3.59. The highest BCUT2D eigenvalue weighted by molar-refractivity contribution is 6.06. The summed E-state index contributed by atoms with van der Waals surface area (Å²) in [5.74, 6) is -1.34. The monoisotopic (exact) mass is 358 g/mol. The molecule has 0 atom stereocenters. The number of nitro benzene ring substituents is 1. The van der Waals surface area contributed by atoms with Gasteiger partial charge in [0, 0.05) is 23.9 Å². The van der Waals surface area contributed by atoms with Gasteiger partial charge in [0.1, 0.15) is 0 Å². The number of nitrogens with zero attached hydrogens (tertiary/aromatic N) is 2. The number of hydrogen-bond acceptors (Lipinski definition) is 7. The van der Waals surface area contributed by atoms with Gasteiger partial charge in [-0.1, -0.05) is 12.1 Å². The van der Waals surface area contributed by atoms with Crippen molar-refractivity contribution in [1.29, 1.82) is 0 Å². The van der Waals surface area contributed by atoms with Crippen LogP contribution in [0.2, 0.25) is 0 Å². The number of esters is 2. The molecule has 8 heteroatoms. The molecule has 136 valence electrons. The quantitative estimate of drug-likeness (QED) is 0.442. The molecule has 0 fully saturated rings. The van der Waals surface area contributed by atoms with Gasteiger partial charge in [0.05, 0.1) is 35.0 Å². The zero-order valence-corrected chi connectivity index (χ0v) is 14.6. The standard InChI is InChI=1S/C18H18N2O6/c1-4-25-17(21)14-10-19-11(3)15(18(22)26-5-2)16(14)12-7-6-8-13(9-12)20(23)24/h6-10H,4-5H2,1-3H3. The van der Waals surface area contributed by atoms with Crippen LogP contribution in [0, 0.1) is 17.0 Å². The second kappa shape index (κ2) is 8.19. The summed E-state index contributed by atoms with van der Waals surface area (Å²) in [5, 5.41) is 11.1. The third-order valence-corrected chi connectivity index (χ3v) is 3.59. The van der Waals surface area contributed by atoms with Gasteiger partial charge in [-0.15, -0.1) is 0 Å². The average molecular weight is 358 g/mol. The Labute approximate surface area is 149 Å². The molecule has 1 aromatic carbocycles. The molecule has 8 nitrogen and oxygen atoms in total. The molecule has 0 bridgehead atoms. The number of nitro groups is 1. The molecule has 0 saturated heterocycles. The van der Waals surface area contributed by atoms with Crippen LogP contribution in [0.1, 0.15) is 40.3 Å². The largest absolute Gasteiger partial charge is 0.462 e. The number of rotatable bonds is 6.